The number of aliphatic hydroxyl groups is 1. The number of nitrogens with zero attached hydrogens (tertiary/aromatic N) is 1. The average Bonchev–Trinajstić information content (AvgIpc) is 2.38. The molecule has 2 saturated carbocycles. The van der Waals surface area contributed by atoms with E-state index in [0.717, 1.165) is 31.6 Å². The van der Waals surface area contributed by atoms with Gasteiger partial charge < -0.3 is 9.84 Å². The van der Waals surface area contributed by atoms with Gasteiger partial charge in [-0.25, -0.2) is 0 Å². The second-order valence-corrected chi connectivity index (χ2v) is 6.44. The molecule has 19 heavy (non-hydrogen) atoms. The Hall–Kier alpha value is -0.590. The molecule has 3 heteroatoms. The molecule has 0 spiro atoms. The molecule has 0 aromatic rings. The topological polar surface area (TPSA) is 53.2 Å². The first kappa shape index (κ1) is 14.8. The molecule has 2 fully saturated rings. The summed E-state index contributed by atoms with van der Waals surface area (Å²) < 4.78 is 5.54. The van der Waals surface area contributed by atoms with Crippen molar-refractivity contribution in [3.8, 4) is 6.07 Å². The van der Waals surface area contributed by atoms with Crippen LogP contribution in [-0.4, -0.2) is 23.4 Å². The minimum atomic E-state index is -0.793. The first-order valence-corrected chi connectivity index (χ1v) is 7.84. The quantitative estimate of drug-likeness (QED) is 0.828. The van der Waals surface area contributed by atoms with Crippen LogP contribution in [0.4, 0.5) is 0 Å². The van der Waals surface area contributed by atoms with Crippen molar-refractivity contribution in [3.05, 3.63) is 0 Å². The van der Waals surface area contributed by atoms with E-state index in [-0.39, 0.29) is 6.10 Å². The number of rotatable bonds is 5. The Balaban J connectivity index is 1.96. The van der Waals surface area contributed by atoms with E-state index in [1.807, 2.05) is 6.92 Å². The normalized spacial score (nSPS) is 42.4. The first-order valence-electron chi connectivity index (χ1n) is 7.84. The van der Waals surface area contributed by atoms with Gasteiger partial charge in [-0.2, -0.15) is 5.26 Å². The number of hydrogen-bond donors (Lipinski definition) is 1. The largest absolute Gasteiger partial charge is 0.388 e. The van der Waals surface area contributed by atoms with E-state index >= 15 is 0 Å². The van der Waals surface area contributed by atoms with Crippen LogP contribution in [0.5, 0.6) is 0 Å². The van der Waals surface area contributed by atoms with Crippen molar-refractivity contribution in [2.45, 2.75) is 76.9 Å². The van der Waals surface area contributed by atoms with Gasteiger partial charge in [0.2, 0.25) is 0 Å². The molecule has 108 valence electrons. The highest BCUT2D eigenvalue weighted by atomic mass is 16.5. The smallest absolute Gasteiger partial charge is 0.0882 e. The average molecular weight is 265 g/mol. The molecule has 1 N–H and O–H groups in total. The van der Waals surface area contributed by atoms with Gasteiger partial charge >= 0.3 is 0 Å². The molecule has 0 aromatic heterocycles. The fourth-order valence-corrected chi connectivity index (χ4v) is 3.99. The molecule has 0 radical (unpaired) electrons. The molecular weight excluding hydrogens is 238 g/mol. The van der Waals surface area contributed by atoms with Crippen LogP contribution >= 0.6 is 0 Å². The van der Waals surface area contributed by atoms with Crippen LogP contribution in [0.3, 0.4) is 0 Å². The molecule has 0 bridgehead atoms. The van der Waals surface area contributed by atoms with Crippen molar-refractivity contribution >= 4 is 0 Å². The van der Waals surface area contributed by atoms with Gasteiger partial charge in [0.15, 0.2) is 0 Å². The molecule has 0 heterocycles. The fourth-order valence-electron chi connectivity index (χ4n) is 3.99. The maximum Gasteiger partial charge on any atom is 0.0882 e. The lowest BCUT2D eigenvalue weighted by atomic mass is 9.54. The third kappa shape index (κ3) is 2.66. The van der Waals surface area contributed by atoms with Crippen molar-refractivity contribution in [3.63, 3.8) is 0 Å². The van der Waals surface area contributed by atoms with Gasteiger partial charge in [-0.05, 0) is 38.5 Å². The summed E-state index contributed by atoms with van der Waals surface area (Å²) in [5.41, 5.74) is -1.30. The van der Waals surface area contributed by atoms with Crippen LogP contribution in [0, 0.1) is 22.7 Å². The zero-order chi connectivity index (χ0) is 13.9. The van der Waals surface area contributed by atoms with E-state index in [0.29, 0.717) is 19.4 Å². The summed E-state index contributed by atoms with van der Waals surface area (Å²) in [6, 6.07) is 2.48. The van der Waals surface area contributed by atoms with Crippen molar-refractivity contribution in [2.24, 2.45) is 11.3 Å². The Kier molecular flexibility index (Phi) is 4.53. The van der Waals surface area contributed by atoms with Crippen molar-refractivity contribution < 1.29 is 9.84 Å². The summed E-state index contributed by atoms with van der Waals surface area (Å²) in [5.74, 6) is 0.762. The van der Waals surface area contributed by atoms with Crippen LogP contribution in [0.25, 0.3) is 0 Å². The highest BCUT2D eigenvalue weighted by Crippen LogP contribution is 2.55. The van der Waals surface area contributed by atoms with E-state index in [4.69, 9.17) is 4.74 Å². The van der Waals surface area contributed by atoms with E-state index in [1.165, 1.54) is 12.8 Å². The molecule has 2 aliphatic carbocycles. The summed E-state index contributed by atoms with van der Waals surface area (Å²) in [4.78, 5) is 0. The summed E-state index contributed by atoms with van der Waals surface area (Å²) in [6.07, 6.45) is 7.87. The molecule has 0 saturated heterocycles. The predicted octanol–water partition coefficient (Wildman–Crippen LogP) is 3.42. The van der Waals surface area contributed by atoms with Gasteiger partial charge in [0, 0.05) is 19.4 Å². The fraction of sp³-hybridized carbons (Fsp3) is 0.938. The lowest BCUT2D eigenvalue weighted by Crippen LogP contribution is -2.60. The van der Waals surface area contributed by atoms with Crippen LogP contribution < -0.4 is 0 Å². The zero-order valence-electron chi connectivity index (χ0n) is 12.3. The Morgan fingerprint density at radius 1 is 1.26 bits per heavy atom. The predicted molar refractivity (Wildman–Crippen MR) is 74.5 cm³/mol. The van der Waals surface area contributed by atoms with Crippen molar-refractivity contribution in [1.82, 2.24) is 0 Å². The van der Waals surface area contributed by atoms with E-state index < -0.39 is 11.0 Å². The van der Waals surface area contributed by atoms with E-state index in [2.05, 4.69) is 13.0 Å². The lowest BCUT2D eigenvalue weighted by Gasteiger charge is -2.54. The van der Waals surface area contributed by atoms with Crippen LogP contribution in [-0.2, 0) is 4.74 Å². The maximum absolute atomic E-state index is 10.8. The highest BCUT2D eigenvalue weighted by Gasteiger charge is 2.59. The molecule has 0 aliphatic heterocycles. The monoisotopic (exact) mass is 265 g/mol. The molecule has 2 rings (SSSR count). The Morgan fingerprint density at radius 2 is 1.89 bits per heavy atom. The van der Waals surface area contributed by atoms with Crippen LogP contribution in [0.1, 0.15) is 65.2 Å². The second kappa shape index (κ2) is 5.81. The van der Waals surface area contributed by atoms with E-state index in [9.17, 15) is 10.4 Å². The number of nitriles is 1. The molecule has 0 amide bonds. The highest BCUT2D eigenvalue weighted by molar-refractivity contribution is 5.18. The SMILES string of the molecule is CCCC1CCC(C#N)(C2(O)CC(OCC)C2)CC1. The van der Waals surface area contributed by atoms with Crippen molar-refractivity contribution in [1.29, 1.82) is 5.26 Å². The molecule has 3 nitrogen and oxygen atoms in total. The standard InChI is InChI=1S/C16H27NO2/c1-3-5-13-6-8-15(12-17,9-7-13)16(18)10-14(11-16)19-4-2/h13-14,18H,3-11H2,1-2H3. The first-order chi connectivity index (χ1) is 9.09. The van der Waals surface area contributed by atoms with Gasteiger partial charge in [0.1, 0.15) is 0 Å². The maximum atomic E-state index is 10.8. The zero-order valence-corrected chi connectivity index (χ0v) is 12.3. The number of ether oxygens (including phenoxy) is 1. The molecule has 2 aliphatic rings. The molecule has 0 atom stereocenters. The third-order valence-electron chi connectivity index (χ3n) is 5.29. The minimum Gasteiger partial charge on any atom is -0.388 e. The van der Waals surface area contributed by atoms with Crippen LogP contribution in [0.2, 0.25) is 0 Å². The summed E-state index contributed by atoms with van der Waals surface area (Å²) in [6.45, 7) is 4.89. The van der Waals surface area contributed by atoms with Gasteiger partial charge in [-0.3, -0.25) is 0 Å². The van der Waals surface area contributed by atoms with Gasteiger partial charge in [-0.1, -0.05) is 19.8 Å². The Labute approximate surface area is 117 Å². The Bertz CT molecular complexity index is 333. The van der Waals surface area contributed by atoms with Gasteiger partial charge in [0.25, 0.3) is 0 Å². The van der Waals surface area contributed by atoms with Crippen molar-refractivity contribution in [2.75, 3.05) is 6.61 Å². The number of hydrogen-bond acceptors (Lipinski definition) is 3. The third-order valence-corrected chi connectivity index (χ3v) is 5.29. The van der Waals surface area contributed by atoms with E-state index in [1.54, 1.807) is 0 Å². The molecule has 0 aromatic carbocycles. The second-order valence-electron chi connectivity index (χ2n) is 6.44. The lowest BCUT2D eigenvalue weighted by molar-refractivity contribution is -0.195. The van der Waals surface area contributed by atoms with Gasteiger partial charge in [-0.15, -0.1) is 0 Å². The van der Waals surface area contributed by atoms with Crippen LogP contribution in [0.15, 0.2) is 0 Å². The molecule has 0 unspecified atom stereocenters. The minimum absolute atomic E-state index is 0.161. The Morgan fingerprint density at radius 3 is 2.37 bits per heavy atom. The van der Waals surface area contributed by atoms with Gasteiger partial charge in [0.05, 0.1) is 23.2 Å². The molecular formula is C16H27NO2. The summed E-state index contributed by atoms with van der Waals surface area (Å²) in [5, 5.41) is 20.4. The summed E-state index contributed by atoms with van der Waals surface area (Å²) in [7, 11) is 0. The summed E-state index contributed by atoms with van der Waals surface area (Å²) >= 11 is 0.